The summed E-state index contributed by atoms with van der Waals surface area (Å²) in [5, 5.41) is 16.3. The van der Waals surface area contributed by atoms with E-state index in [0.29, 0.717) is 12.0 Å². The number of hydrogen-bond acceptors (Lipinski definition) is 5. The van der Waals surface area contributed by atoms with E-state index in [1.54, 1.807) is 0 Å². The molecule has 0 aromatic carbocycles. The Morgan fingerprint density at radius 3 is 2.85 bits per heavy atom. The summed E-state index contributed by atoms with van der Waals surface area (Å²) >= 11 is 3.79. The molecule has 5 atom stereocenters. The van der Waals surface area contributed by atoms with Crippen LogP contribution in [0.15, 0.2) is 0 Å². The maximum Gasteiger partial charge on any atom is 0.144 e. The van der Waals surface area contributed by atoms with Crippen molar-refractivity contribution >= 4 is 15.9 Å². The number of nitrogens with one attached hydrogen (secondary N) is 2. The molecule has 3 heterocycles. The van der Waals surface area contributed by atoms with Gasteiger partial charge in [-0.15, -0.1) is 0 Å². The summed E-state index contributed by atoms with van der Waals surface area (Å²) < 4.78 is 5.87. The molecule has 20 heavy (non-hydrogen) atoms. The van der Waals surface area contributed by atoms with E-state index in [0.717, 1.165) is 26.1 Å². The fraction of sp³-hybridized carbons (Fsp3) is 0.929. The molecule has 0 amide bonds. The molecule has 0 aromatic rings. The fourth-order valence-electron chi connectivity index (χ4n) is 3.54. The summed E-state index contributed by atoms with van der Waals surface area (Å²) in [7, 11) is 2.18. The van der Waals surface area contributed by atoms with Crippen molar-refractivity contribution in [2.45, 2.75) is 48.5 Å². The maximum atomic E-state index is 9.02. The molecule has 3 saturated heterocycles. The van der Waals surface area contributed by atoms with Crippen molar-refractivity contribution in [1.29, 1.82) is 5.26 Å². The molecule has 6 heteroatoms. The van der Waals surface area contributed by atoms with Crippen LogP contribution >= 0.6 is 15.9 Å². The predicted octanol–water partition coefficient (Wildman–Crippen LogP) is 0.660. The van der Waals surface area contributed by atoms with Crippen LogP contribution in [0.5, 0.6) is 0 Å². The van der Waals surface area contributed by atoms with Crippen molar-refractivity contribution in [2.75, 3.05) is 26.7 Å². The highest BCUT2D eigenvalue weighted by molar-refractivity contribution is 9.09. The van der Waals surface area contributed by atoms with E-state index in [1.807, 2.05) is 0 Å². The van der Waals surface area contributed by atoms with Crippen molar-refractivity contribution in [3.8, 4) is 6.07 Å². The van der Waals surface area contributed by atoms with E-state index in [9.17, 15) is 0 Å². The third-order valence-corrected chi connectivity index (χ3v) is 5.86. The van der Waals surface area contributed by atoms with Crippen molar-refractivity contribution < 1.29 is 4.74 Å². The van der Waals surface area contributed by atoms with E-state index in [1.165, 1.54) is 12.8 Å². The Labute approximate surface area is 129 Å². The van der Waals surface area contributed by atoms with Gasteiger partial charge in [0, 0.05) is 18.5 Å². The van der Waals surface area contributed by atoms with Gasteiger partial charge >= 0.3 is 0 Å². The topological polar surface area (TPSA) is 60.3 Å². The highest BCUT2D eigenvalue weighted by Gasteiger charge is 2.45. The molecule has 0 radical (unpaired) electrons. The zero-order valence-electron chi connectivity index (χ0n) is 11.9. The summed E-state index contributed by atoms with van der Waals surface area (Å²) in [4.78, 5) is 2.62. The van der Waals surface area contributed by atoms with E-state index >= 15 is 0 Å². The Balaban J connectivity index is 1.55. The number of nitrogens with zero attached hydrogens (tertiary/aromatic N) is 2. The third kappa shape index (κ3) is 3.02. The van der Waals surface area contributed by atoms with Crippen LogP contribution in [0.25, 0.3) is 0 Å². The fourth-order valence-corrected chi connectivity index (χ4v) is 4.44. The number of ether oxygens (including phenoxy) is 1. The van der Waals surface area contributed by atoms with Gasteiger partial charge in [0.1, 0.15) is 6.10 Å². The lowest BCUT2D eigenvalue weighted by Crippen LogP contribution is -2.62. The van der Waals surface area contributed by atoms with E-state index in [-0.39, 0.29) is 23.2 Å². The van der Waals surface area contributed by atoms with Gasteiger partial charge in [-0.3, -0.25) is 5.32 Å². The summed E-state index contributed by atoms with van der Waals surface area (Å²) in [6, 6.07) is 2.82. The number of hydrogen-bond donors (Lipinski definition) is 2. The van der Waals surface area contributed by atoms with E-state index in [4.69, 9.17) is 10.00 Å². The molecule has 5 unspecified atom stereocenters. The molecular formula is C14H23BrN4O. The molecular weight excluding hydrogens is 320 g/mol. The van der Waals surface area contributed by atoms with Gasteiger partial charge < -0.3 is 15.0 Å². The normalized spacial score (nSPS) is 43.1. The van der Waals surface area contributed by atoms with Crippen LogP contribution in [-0.4, -0.2) is 60.8 Å². The maximum absolute atomic E-state index is 9.02. The van der Waals surface area contributed by atoms with Gasteiger partial charge in [0.2, 0.25) is 0 Å². The molecule has 3 aliphatic heterocycles. The summed E-state index contributed by atoms with van der Waals surface area (Å²) in [5.41, 5.74) is 0. The predicted molar refractivity (Wildman–Crippen MR) is 80.5 cm³/mol. The third-order valence-electron chi connectivity index (χ3n) is 4.81. The summed E-state index contributed by atoms with van der Waals surface area (Å²) in [5.74, 6) is 0.458. The molecule has 3 fully saturated rings. The summed E-state index contributed by atoms with van der Waals surface area (Å²) in [6.07, 6.45) is 3.42. The minimum Gasteiger partial charge on any atom is -0.358 e. The van der Waals surface area contributed by atoms with Crippen LogP contribution in [0.1, 0.15) is 19.3 Å². The Morgan fingerprint density at radius 1 is 1.40 bits per heavy atom. The van der Waals surface area contributed by atoms with Gasteiger partial charge in [0.05, 0.1) is 23.2 Å². The Bertz CT molecular complexity index is 380. The molecule has 0 saturated carbocycles. The van der Waals surface area contributed by atoms with Crippen LogP contribution in [0.4, 0.5) is 0 Å². The van der Waals surface area contributed by atoms with Crippen molar-refractivity contribution in [2.24, 2.45) is 5.92 Å². The number of fused-ring (bicyclic) bond motifs is 1. The standard InChI is InChI=1S/C14H23BrN4O/c1-19-4-2-10(3-5-19)18-14-12(15)13-9(8-17-14)6-11(7-16)20-13/h9-14,17-18H,2-6,8H2,1H3. The van der Waals surface area contributed by atoms with Gasteiger partial charge in [-0.1, -0.05) is 15.9 Å². The van der Waals surface area contributed by atoms with E-state index in [2.05, 4.69) is 44.6 Å². The van der Waals surface area contributed by atoms with Gasteiger partial charge in [0.15, 0.2) is 0 Å². The highest BCUT2D eigenvalue weighted by atomic mass is 79.9. The molecule has 3 aliphatic rings. The van der Waals surface area contributed by atoms with E-state index < -0.39 is 0 Å². The zero-order chi connectivity index (χ0) is 14.1. The summed E-state index contributed by atoms with van der Waals surface area (Å²) in [6.45, 7) is 3.27. The van der Waals surface area contributed by atoms with Crippen LogP contribution in [-0.2, 0) is 4.74 Å². The zero-order valence-corrected chi connectivity index (χ0v) is 13.5. The number of rotatable bonds is 2. The molecule has 112 valence electrons. The first kappa shape index (κ1) is 14.7. The van der Waals surface area contributed by atoms with Crippen molar-refractivity contribution in [3.05, 3.63) is 0 Å². The Kier molecular flexibility index (Phi) is 4.63. The first-order valence-electron chi connectivity index (χ1n) is 7.54. The lowest BCUT2D eigenvalue weighted by molar-refractivity contribution is 0.0341. The number of nitriles is 1. The lowest BCUT2D eigenvalue weighted by Gasteiger charge is -2.40. The van der Waals surface area contributed by atoms with Gasteiger partial charge in [0.25, 0.3) is 0 Å². The monoisotopic (exact) mass is 342 g/mol. The van der Waals surface area contributed by atoms with Gasteiger partial charge in [-0.2, -0.15) is 5.26 Å². The SMILES string of the molecule is CN1CCC(NC2NCC3CC(C#N)OC3C2Br)CC1. The average Bonchev–Trinajstić information content (AvgIpc) is 2.88. The average molecular weight is 343 g/mol. The van der Waals surface area contributed by atoms with Crippen molar-refractivity contribution in [3.63, 3.8) is 0 Å². The minimum absolute atomic E-state index is 0.157. The van der Waals surface area contributed by atoms with Gasteiger partial charge in [-0.05, 0) is 39.4 Å². The second-order valence-electron chi connectivity index (χ2n) is 6.29. The largest absolute Gasteiger partial charge is 0.358 e. The second kappa shape index (κ2) is 6.29. The smallest absolute Gasteiger partial charge is 0.144 e. The van der Waals surface area contributed by atoms with Crippen molar-refractivity contribution in [1.82, 2.24) is 15.5 Å². The number of halogens is 1. The lowest BCUT2D eigenvalue weighted by atomic mass is 9.92. The molecule has 2 N–H and O–H groups in total. The van der Waals surface area contributed by atoms with Crippen LogP contribution < -0.4 is 10.6 Å². The first-order valence-corrected chi connectivity index (χ1v) is 8.46. The Hall–Kier alpha value is -0.190. The van der Waals surface area contributed by atoms with Crippen LogP contribution in [0.3, 0.4) is 0 Å². The first-order chi connectivity index (χ1) is 9.67. The number of piperidine rings is 2. The van der Waals surface area contributed by atoms with Crippen LogP contribution in [0, 0.1) is 17.2 Å². The van der Waals surface area contributed by atoms with Gasteiger partial charge in [-0.25, -0.2) is 0 Å². The van der Waals surface area contributed by atoms with Crippen LogP contribution in [0.2, 0.25) is 0 Å². The molecule has 0 spiro atoms. The number of alkyl halides is 1. The second-order valence-corrected chi connectivity index (χ2v) is 7.35. The highest BCUT2D eigenvalue weighted by Crippen LogP contribution is 2.35. The molecule has 3 rings (SSSR count). The minimum atomic E-state index is -0.228. The molecule has 0 aromatic heterocycles. The number of likely N-dealkylation sites (tertiary alicyclic amines) is 1. The molecule has 0 aliphatic carbocycles. The molecule has 0 bridgehead atoms. The Morgan fingerprint density at radius 2 is 2.15 bits per heavy atom. The quantitative estimate of drug-likeness (QED) is 0.722. The molecule has 5 nitrogen and oxygen atoms in total.